The molecule has 0 aliphatic rings. The van der Waals surface area contributed by atoms with E-state index in [1.165, 1.54) is 36.4 Å². The van der Waals surface area contributed by atoms with E-state index in [4.69, 9.17) is 27.9 Å². The molecule has 1 heterocycles. The maximum absolute atomic E-state index is 12.4. The number of hydrogen-bond acceptors (Lipinski definition) is 5. The van der Waals surface area contributed by atoms with Crippen molar-refractivity contribution in [3.05, 3.63) is 73.4 Å². The number of nitrogens with zero attached hydrogens (tertiary/aromatic N) is 2. The van der Waals surface area contributed by atoms with E-state index in [9.17, 15) is 20.2 Å². The van der Waals surface area contributed by atoms with Gasteiger partial charge in [0.15, 0.2) is 0 Å². The molecule has 0 bridgehead atoms. The lowest BCUT2D eigenvalue weighted by molar-refractivity contribution is -0.384. The fraction of sp³-hybridized carbons (Fsp3) is 0.100. The Morgan fingerprint density at radius 2 is 2.00 bits per heavy atom. The number of carbonyl (C=O) groups is 1. The minimum atomic E-state index is -0.608. The number of ether oxygens (including phenoxy) is 1. The summed E-state index contributed by atoms with van der Waals surface area (Å²) in [4.78, 5) is 25.7. The van der Waals surface area contributed by atoms with Gasteiger partial charge in [-0.05, 0) is 42.8 Å². The number of hydrogen-bond donors (Lipinski definition) is 1. The van der Waals surface area contributed by atoms with Crippen LogP contribution in [0.3, 0.4) is 0 Å². The molecule has 0 spiro atoms. The lowest BCUT2D eigenvalue weighted by Crippen LogP contribution is -2.06. The largest absolute Gasteiger partial charge is 0.461 e. The van der Waals surface area contributed by atoms with Crippen molar-refractivity contribution < 1.29 is 14.5 Å². The minimum absolute atomic E-state index is 0.0944. The van der Waals surface area contributed by atoms with Gasteiger partial charge in [0.05, 0.1) is 28.2 Å². The van der Waals surface area contributed by atoms with E-state index in [0.717, 1.165) is 0 Å². The van der Waals surface area contributed by atoms with Crippen LogP contribution >= 0.6 is 23.2 Å². The first-order chi connectivity index (χ1) is 13.8. The minimum Gasteiger partial charge on any atom is -0.461 e. The number of nitriles is 1. The van der Waals surface area contributed by atoms with Crippen molar-refractivity contribution in [2.75, 3.05) is 6.61 Å². The number of nitrogens with one attached hydrogen (secondary N) is 1. The van der Waals surface area contributed by atoms with Crippen molar-refractivity contribution in [2.24, 2.45) is 0 Å². The van der Waals surface area contributed by atoms with Gasteiger partial charge in [-0.15, -0.1) is 0 Å². The molecule has 0 fully saturated rings. The van der Waals surface area contributed by atoms with Gasteiger partial charge in [-0.25, -0.2) is 4.79 Å². The van der Waals surface area contributed by atoms with Gasteiger partial charge in [-0.3, -0.25) is 10.1 Å². The van der Waals surface area contributed by atoms with E-state index in [1.54, 1.807) is 13.0 Å². The van der Waals surface area contributed by atoms with Crippen LogP contribution in [0.15, 0.2) is 36.4 Å². The van der Waals surface area contributed by atoms with Gasteiger partial charge < -0.3 is 9.72 Å². The molecule has 146 valence electrons. The lowest BCUT2D eigenvalue weighted by Gasteiger charge is -2.04. The quantitative estimate of drug-likeness (QED) is 0.244. The summed E-state index contributed by atoms with van der Waals surface area (Å²) < 4.78 is 5.10. The summed E-state index contributed by atoms with van der Waals surface area (Å²) >= 11 is 12.4. The molecule has 2 aromatic carbocycles. The molecule has 3 rings (SSSR count). The van der Waals surface area contributed by atoms with Gasteiger partial charge in [0, 0.05) is 33.6 Å². The summed E-state index contributed by atoms with van der Waals surface area (Å²) in [5.74, 6) is -0.608. The number of nitro benzene ring substituents is 1. The predicted molar refractivity (Wildman–Crippen MR) is 111 cm³/mol. The number of allylic oxidation sites excluding steroid dienone is 1. The highest BCUT2D eigenvalue weighted by Crippen LogP contribution is 2.35. The van der Waals surface area contributed by atoms with Crippen LogP contribution in [0.25, 0.3) is 22.6 Å². The van der Waals surface area contributed by atoms with Crippen LogP contribution in [-0.2, 0) is 4.74 Å². The van der Waals surface area contributed by atoms with Crippen LogP contribution in [0, 0.1) is 21.4 Å². The Labute approximate surface area is 175 Å². The fourth-order valence-electron chi connectivity index (χ4n) is 2.87. The number of nitro groups is 1. The number of benzene rings is 2. The number of rotatable bonds is 5. The van der Waals surface area contributed by atoms with Gasteiger partial charge >= 0.3 is 5.97 Å². The number of aromatic nitrogens is 1. The third kappa shape index (κ3) is 4.09. The summed E-state index contributed by atoms with van der Waals surface area (Å²) in [6.07, 6.45) is 1.49. The average molecular weight is 430 g/mol. The smallest absolute Gasteiger partial charge is 0.355 e. The van der Waals surface area contributed by atoms with Crippen LogP contribution in [0.5, 0.6) is 0 Å². The first-order valence-corrected chi connectivity index (χ1v) is 9.15. The van der Waals surface area contributed by atoms with E-state index in [2.05, 4.69) is 11.1 Å². The summed E-state index contributed by atoms with van der Waals surface area (Å²) in [7, 11) is 0. The number of halogens is 2. The van der Waals surface area contributed by atoms with Gasteiger partial charge in [0.2, 0.25) is 0 Å². The molecule has 0 aliphatic heterocycles. The maximum atomic E-state index is 12.4. The number of aromatic amines is 1. The number of non-ortho nitro benzene ring substituents is 1. The predicted octanol–water partition coefficient (Wildman–Crippen LogP) is 5.62. The number of H-pyrrole nitrogens is 1. The molecule has 0 aliphatic carbocycles. The fourth-order valence-corrected chi connectivity index (χ4v) is 3.46. The van der Waals surface area contributed by atoms with E-state index in [0.29, 0.717) is 32.1 Å². The first-order valence-electron chi connectivity index (χ1n) is 8.40. The number of esters is 1. The van der Waals surface area contributed by atoms with E-state index in [1.807, 2.05) is 0 Å². The van der Waals surface area contributed by atoms with Crippen molar-refractivity contribution in [1.82, 2.24) is 4.98 Å². The second-order valence-corrected chi connectivity index (χ2v) is 6.76. The molecule has 0 atom stereocenters. The standard InChI is InChI=1S/C20H13Cl2N3O4/c1-2-29-20(26)19-15(18-16(22)8-13(21)9-17(18)24-19)7-12(10-23)11-3-5-14(6-4-11)25(27)28/h3-9,24H,2H2,1H3/b12-7-. The van der Waals surface area contributed by atoms with Crippen LogP contribution in [-0.4, -0.2) is 22.5 Å². The van der Waals surface area contributed by atoms with Crippen molar-refractivity contribution in [3.8, 4) is 6.07 Å². The van der Waals surface area contributed by atoms with Crippen molar-refractivity contribution >= 4 is 57.4 Å². The molecule has 7 nitrogen and oxygen atoms in total. The van der Waals surface area contributed by atoms with E-state index in [-0.39, 0.29) is 23.6 Å². The zero-order valence-electron chi connectivity index (χ0n) is 15.0. The van der Waals surface area contributed by atoms with E-state index >= 15 is 0 Å². The SMILES string of the molecule is CCOC(=O)c1[nH]c2cc(Cl)cc(Cl)c2c1/C=C(/C#N)c1ccc([N+](=O)[O-])cc1. The third-order valence-electron chi connectivity index (χ3n) is 4.13. The van der Waals surface area contributed by atoms with Crippen LogP contribution in [0.4, 0.5) is 5.69 Å². The molecule has 0 saturated carbocycles. The molecule has 1 N–H and O–H groups in total. The number of fused-ring (bicyclic) bond motifs is 1. The highest BCUT2D eigenvalue weighted by atomic mass is 35.5. The Hall–Kier alpha value is -3.34. The highest BCUT2D eigenvalue weighted by Gasteiger charge is 2.21. The normalized spacial score (nSPS) is 11.3. The molecule has 0 radical (unpaired) electrons. The van der Waals surface area contributed by atoms with E-state index < -0.39 is 10.9 Å². The second-order valence-electron chi connectivity index (χ2n) is 5.92. The van der Waals surface area contributed by atoms with Gasteiger partial charge in [-0.2, -0.15) is 5.26 Å². The van der Waals surface area contributed by atoms with Crippen LogP contribution in [0.2, 0.25) is 10.0 Å². The molecule has 0 saturated heterocycles. The molecular formula is C20H13Cl2N3O4. The zero-order chi connectivity index (χ0) is 21.1. The Morgan fingerprint density at radius 3 is 2.59 bits per heavy atom. The highest BCUT2D eigenvalue weighted by molar-refractivity contribution is 6.39. The summed E-state index contributed by atoms with van der Waals surface area (Å²) in [5, 5.41) is 21.7. The third-order valence-corrected chi connectivity index (χ3v) is 4.65. The van der Waals surface area contributed by atoms with Crippen molar-refractivity contribution in [1.29, 1.82) is 5.26 Å². The van der Waals surface area contributed by atoms with Crippen molar-refractivity contribution in [3.63, 3.8) is 0 Å². The molecule has 1 aromatic heterocycles. The summed E-state index contributed by atoms with van der Waals surface area (Å²) in [6, 6.07) is 10.7. The average Bonchev–Trinajstić information content (AvgIpc) is 3.04. The second kappa shape index (κ2) is 8.35. The Balaban J connectivity index is 2.23. The first kappa shape index (κ1) is 20.4. The Bertz CT molecular complexity index is 1190. The van der Waals surface area contributed by atoms with Crippen LogP contribution in [0.1, 0.15) is 28.5 Å². The molecule has 3 aromatic rings. The Kier molecular flexibility index (Phi) is 5.87. The molecule has 0 unspecified atom stereocenters. The zero-order valence-corrected chi connectivity index (χ0v) is 16.5. The van der Waals surface area contributed by atoms with Gasteiger partial charge in [0.25, 0.3) is 5.69 Å². The summed E-state index contributed by atoms with van der Waals surface area (Å²) in [5.41, 5.74) is 1.56. The lowest BCUT2D eigenvalue weighted by atomic mass is 10.0. The van der Waals surface area contributed by atoms with Gasteiger partial charge in [-0.1, -0.05) is 23.2 Å². The van der Waals surface area contributed by atoms with Gasteiger partial charge in [0.1, 0.15) is 5.69 Å². The topological polar surface area (TPSA) is 109 Å². The Morgan fingerprint density at radius 1 is 1.31 bits per heavy atom. The molecule has 0 amide bonds. The summed E-state index contributed by atoms with van der Waals surface area (Å²) in [6.45, 7) is 1.84. The maximum Gasteiger partial charge on any atom is 0.355 e. The molecular weight excluding hydrogens is 417 g/mol. The number of carbonyl (C=O) groups excluding carboxylic acids is 1. The molecule has 29 heavy (non-hydrogen) atoms. The van der Waals surface area contributed by atoms with Crippen molar-refractivity contribution in [2.45, 2.75) is 6.92 Å². The monoisotopic (exact) mass is 429 g/mol. The molecule has 9 heteroatoms. The van der Waals surface area contributed by atoms with Crippen LogP contribution < -0.4 is 0 Å².